The summed E-state index contributed by atoms with van der Waals surface area (Å²) in [5.74, 6) is -0.570. The van der Waals surface area contributed by atoms with Gasteiger partial charge in [0.25, 0.3) is 0 Å². The van der Waals surface area contributed by atoms with Crippen molar-refractivity contribution in [3.8, 4) is 0 Å². The lowest BCUT2D eigenvalue weighted by Gasteiger charge is -2.45. The minimum atomic E-state index is -0.761. The number of hydrogen-bond donors (Lipinski definition) is 3. The van der Waals surface area contributed by atoms with Gasteiger partial charge in [-0.1, -0.05) is 44.1 Å². The number of hydrogen-bond acceptors (Lipinski definition) is 3. The molecule has 2 fully saturated rings. The molecule has 160 valence electrons. The SMILES string of the molecule is CCCC1(C(O)CC=C[C@@H]2[C@@H](C/C=C\CCCC(=O)O)[C@@H](Cl)C[C@H]2O)CCC1. The van der Waals surface area contributed by atoms with Crippen LogP contribution in [0.3, 0.4) is 0 Å². The first kappa shape index (κ1) is 23.4. The highest BCUT2D eigenvalue weighted by molar-refractivity contribution is 6.21. The molecule has 2 rings (SSSR count). The second-order valence-electron chi connectivity index (χ2n) is 8.70. The van der Waals surface area contributed by atoms with Gasteiger partial charge in [-0.25, -0.2) is 0 Å². The molecule has 0 amide bonds. The van der Waals surface area contributed by atoms with Crippen molar-refractivity contribution in [2.75, 3.05) is 0 Å². The van der Waals surface area contributed by atoms with Gasteiger partial charge in [0.1, 0.15) is 0 Å². The van der Waals surface area contributed by atoms with E-state index in [1.165, 1.54) is 6.42 Å². The van der Waals surface area contributed by atoms with Gasteiger partial charge in [-0.05, 0) is 62.7 Å². The molecule has 0 aromatic carbocycles. The van der Waals surface area contributed by atoms with Crippen LogP contribution < -0.4 is 0 Å². The first-order valence-corrected chi connectivity index (χ1v) is 11.4. The smallest absolute Gasteiger partial charge is 0.303 e. The maximum absolute atomic E-state index is 10.7. The second kappa shape index (κ2) is 11.4. The number of allylic oxidation sites excluding steroid dienone is 2. The summed E-state index contributed by atoms with van der Waals surface area (Å²) in [4.78, 5) is 10.5. The van der Waals surface area contributed by atoms with Crippen LogP contribution in [-0.4, -0.2) is 38.9 Å². The molecule has 0 saturated heterocycles. The van der Waals surface area contributed by atoms with Gasteiger partial charge in [0.05, 0.1) is 12.2 Å². The van der Waals surface area contributed by atoms with Gasteiger partial charge in [0, 0.05) is 17.7 Å². The molecule has 0 radical (unpaired) electrons. The van der Waals surface area contributed by atoms with Gasteiger partial charge in [-0.15, -0.1) is 11.6 Å². The molecule has 4 nitrogen and oxygen atoms in total. The van der Waals surface area contributed by atoms with Crippen LogP contribution in [0.4, 0.5) is 0 Å². The number of aliphatic carboxylic acids is 1. The number of aliphatic hydroxyl groups excluding tert-OH is 2. The molecule has 5 atom stereocenters. The molecule has 0 aromatic rings. The standard InChI is InChI=1S/C23H37ClO4/c1-2-13-23(14-8-15-23)21(26)11-7-10-18-17(19(24)16-20(18)25)9-5-3-4-6-12-22(27)28/h3,5,7,10,17-21,25-26H,2,4,6,8-9,11-16H2,1H3,(H,27,28)/b5-3-,10-7?/t17-,18-,19+,20-,21?/m1/s1. The number of alkyl halides is 1. The monoisotopic (exact) mass is 412 g/mol. The zero-order valence-electron chi connectivity index (χ0n) is 17.1. The van der Waals surface area contributed by atoms with Crippen LogP contribution in [0.5, 0.6) is 0 Å². The summed E-state index contributed by atoms with van der Waals surface area (Å²) < 4.78 is 0. The highest BCUT2D eigenvalue weighted by atomic mass is 35.5. The van der Waals surface area contributed by atoms with E-state index in [9.17, 15) is 15.0 Å². The minimum absolute atomic E-state index is 0.0156. The number of aliphatic hydroxyl groups is 2. The van der Waals surface area contributed by atoms with Crippen LogP contribution in [0.2, 0.25) is 0 Å². The number of carboxylic acids is 1. The predicted octanol–water partition coefficient (Wildman–Crippen LogP) is 5.07. The maximum atomic E-state index is 10.7. The Morgan fingerprint density at radius 2 is 2.04 bits per heavy atom. The molecule has 5 heteroatoms. The summed E-state index contributed by atoms with van der Waals surface area (Å²) in [6.07, 6.45) is 16.8. The molecule has 2 aliphatic carbocycles. The average Bonchev–Trinajstić information content (AvgIpc) is 2.87. The summed E-state index contributed by atoms with van der Waals surface area (Å²) in [7, 11) is 0. The number of unbranched alkanes of at least 4 members (excludes halogenated alkanes) is 1. The molecule has 3 N–H and O–H groups in total. The third-order valence-electron chi connectivity index (χ3n) is 6.73. The third-order valence-corrected chi connectivity index (χ3v) is 7.23. The summed E-state index contributed by atoms with van der Waals surface area (Å²) in [5.41, 5.74) is 0.112. The molecular formula is C23H37ClO4. The summed E-state index contributed by atoms with van der Waals surface area (Å²) in [6.45, 7) is 2.18. The summed E-state index contributed by atoms with van der Waals surface area (Å²) in [5, 5.41) is 29.7. The van der Waals surface area contributed by atoms with E-state index >= 15 is 0 Å². The maximum Gasteiger partial charge on any atom is 0.303 e. The van der Waals surface area contributed by atoms with Crippen LogP contribution in [0.15, 0.2) is 24.3 Å². The molecule has 0 bridgehead atoms. The first-order chi connectivity index (χ1) is 13.4. The number of carbonyl (C=O) groups is 1. The van der Waals surface area contributed by atoms with Crippen LogP contribution in [-0.2, 0) is 4.79 Å². The Bertz CT molecular complexity index is 541. The van der Waals surface area contributed by atoms with Gasteiger partial charge >= 0.3 is 5.97 Å². The van der Waals surface area contributed by atoms with Crippen LogP contribution in [0.1, 0.15) is 77.6 Å². The average molecular weight is 413 g/mol. The fourth-order valence-electron chi connectivity index (χ4n) is 4.90. The van der Waals surface area contributed by atoms with Gasteiger partial charge in [-0.2, -0.15) is 0 Å². The molecular weight excluding hydrogens is 376 g/mol. The van der Waals surface area contributed by atoms with Crippen molar-refractivity contribution < 1.29 is 20.1 Å². The lowest BCUT2D eigenvalue weighted by atomic mass is 9.62. The normalized spacial score (nSPS) is 30.7. The fourth-order valence-corrected chi connectivity index (χ4v) is 5.35. The Balaban J connectivity index is 1.84. The first-order valence-electron chi connectivity index (χ1n) is 10.9. The quantitative estimate of drug-likeness (QED) is 0.237. The molecule has 0 spiro atoms. The van der Waals surface area contributed by atoms with Crippen LogP contribution in [0, 0.1) is 17.3 Å². The van der Waals surface area contributed by atoms with Gasteiger partial charge in [-0.3, -0.25) is 4.79 Å². The topological polar surface area (TPSA) is 77.8 Å². The third kappa shape index (κ3) is 6.33. The van der Waals surface area contributed by atoms with E-state index in [-0.39, 0.29) is 35.2 Å². The van der Waals surface area contributed by atoms with E-state index < -0.39 is 12.1 Å². The van der Waals surface area contributed by atoms with Gasteiger partial charge in [0.15, 0.2) is 0 Å². The molecule has 0 aromatic heterocycles. The Morgan fingerprint density at radius 1 is 1.29 bits per heavy atom. The highest BCUT2D eigenvalue weighted by Crippen LogP contribution is 2.48. The Kier molecular flexibility index (Phi) is 9.52. The van der Waals surface area contributed by atoms with E-state index in [0.29, 0.717) is 19.3 Å². The summed E-state index contributed by atoms with van der Waals surface area (Å²) in [6, 6.07) is 0. The van der Waals surface area contributed by atoms with E-state index in [0.717, 1.165) is 38.5 Å². The Labute approximate surface area is 174 Å². The predicted molar refractivity (Wildman–Crippen MR) is 113 cm³/mol. The van der Waals surface area contributed by atoms with Crippen molar-refractivity contribution in [1.82, 2.24) is 0 Å². The van der Waals surface area contributed by atoms with Crippen LogP contribution in [0.25, 0.3) is 0 Å². The molecule has 2 aliphatic rings. The number of rotatable bonds is 12. The van der Waals surface area contributed by atoms with Gasteiger partial charge in [0.2, 0.25) is 0 Å². The van der Waals surface area contributed by atoms with Crippen molar-refractivity contribution in [3.63, 3.8) is 0 Å². The molecule has 2 saturated carbocycles. The lowest BCUT2D eigenvalue weighted by Crippen LogP contribution is -2.41. The molecule has 0 heterocycles. The van der Waals surface area contributed by atoms with Crippen LogP contribution >= 0.6 is 11.6 Å². The number of carboxylic acid groups (broad SMARTS) is 1. The highest BCUT2D eigenvalue weighted by Gasteiger charge is 2.42. The largest absolute Gasteiger partial charge is 0.481 e. The van der Waals surface area contributed by atoms with Gasteiger partial charge < -0.3 is 15.3 Å². The Morgan fingerprint density at radius 3 is 2.64 bits per heavy atom. The fraction of sp³-hybridized carbons (Fsp3) is 0.783. The van der Waals surface area contributed by atoms with E-state index in [1.807, 2.05) is 12.2 Å². The van der Waals surface area contributed by atoms with E-state index in [4.69, 9.17) is 16.7 Å². The minimum Gasteiger partial charge on any atom is -0.481 e. The Hall–Kier alpha value is -0.840. The lowest BCUT2D eigenvalue weighted by molar-refractivity contribution is -0.137. The van der Waals surface area contributed by atoms with E-state index in [1.54, 1.807) is 0 Å². The van der Waals surface area contributed by atoms with Crippen molar-refractivity contribution in [2.45, 2.75) is 95.1 Å². The molecule has 28 heavy (non-hydrogen) atoms. The van der Waals surface area contributed by atoms with Crippen molar-refractivity contribution in [2.24, 2.45) is 17.3 Å². The van der Waals surface area contributed by atoms with Crippen molar-refractivity contribution in [1.29, 1.82) is 0 Å². The van der Waals surface area contributed by atoms with Crippen molar-refractivity contribution in [3.05, 3.63) is 24.3 Å². The zero-order valence-corrected chi connectivity index (χ0v) is 17.9. The summed E-state index contributed by atoms with van der Waals surface area (Å²) >= 11 is 6.48. The zero-order chi connectivity index (χ0) is 20.6. The molecule has 1 unspecified atom stereocenters. The second-order valence-corrected chi connectivity index (χ2v) is 9.26. The molecule has 0 aliphatic heterocycles. The van der Waals surface area contributed by atoms with Crippen molar-refractivity contribution >= 4 is 17.6 Å². The number of halogens is 1. The van der Waals surface area contributed by atoms with E-state index in [2.05, 4.69) is 19.1 Å².